The zero-order valence-corrected chi connectivity index (χ0v) is 17.9. The lowest BCUT2D eigenvalue weighted by atomic mass is 10.0. The van der Waals surface area contributed by atoms with E-state index < -0.39 is 0 Å². The molecule has 0 fully saturated rings. The van der Waals surface area contributed by atoms with Gasteiger partial charge in [-0.3, -0.25) is 4.79 Å². The summed E-state index contributed by atoms with van der Waals surface area (Å²) in [6.07, 6.45) is 0. The first-order valence-corrected chi connectivity index (χ1v) is 9.95. The number of rotatable bonds is 10. The molecule has 0 amide bonds. The van der Waals surface area contributed by atoms with Gasteiger partial charge >= 0.3 is 0 Å². The molecule has 0 spiro atoms. The summed E-state index contributed by atoms with van der Waals surface area (Å²) in [4.78, 5) is 17.6. The molecule has 0 aliphatic heterocycles. The van der Waals surface area contributed by atoms with Crippen molar-refractivity contribution in [2.75, 3.05) is 50.2 Å². The van der Waals surface area contributed by atoms with Gasteiger partial charge in [-0.05, 0) is 58.0 Å². The number of carbonyl (C=O) groups excluding carboxylic acids is 1. The lowest BCUT2D eigenvalue weighted by Crippen LogP contribution is -2.22. The highest BCUT2D eigenvalue weighted by atomic mass is 16.5. The molecule has 5 heteroatoms. The molecule has 0 N–H and O–H groups in total. The van der Waals surface area contributed by atoms with Gasteiger partial charge in [-0.1, -0.05) is 0 Å². The molecular formula is C23H32N2O3. The number of ketones is 1. The normalized spacial score (nSPS) is 10.5. The Morgan fingerprint density at radius 3 is 1.93 bits per heavy atom. The van der Waals surface area contributed by atoms with Crippen LogP contribution in [-0.2, 0) is 0 Å². The fourth-order valence-corrected chi connectivity index (χ4v) is 3.45. The molecule has 0 saturated heterocycles. The molecule has 0 radical (unpaired) electrons. The smallest absolute Gasteiger partial charge is 0.196 e. The van der Waals surface area contributed by atoms with Gasteiger partial charge in [0.15, 0.2) is 5.78 Å². The van der Waals surface area contributed by atoms with Gasteiger partial charge in [-0.25, -0.2) is 0 Å². The Morgan fingerprint density at radius 2 is 1.39 bits per heavy atom. The Bertz CT molecular complexity index is 796. The van der Waals surface area contributed by atoms with Gasteiger partial charge in [0.1, 0.15) is 11.5 Å². The number of hydrogen-bond donors (Lipinski definition) is 0. The number of anilines is 2. The maximum Gasteiger partial charge on any atom is 0.196 e. The van der Waals surface area contributed by atoms with Crippen LogP contribution in [-0.4, -0.2) is 46.2 Å². The van der Waals surface area contributed by atoms with E-state index in [4.69, 9.17) is 9.47 Å². The summed E-state index contributed by atoms with van der Waals surface area (Å²) in [5.41, 5.74) is 3.18. The number of ether oxygens (including phenoxy) is 2. The van der Waals surface area contributed by atoms with Gasteiger partial charge in [-0.15, -0.1) is 0 Å². The van der Waals surface area contributed by atoms with E-state index in [2.05, 4.69) is 37.5 Å². The number of methoxy groups -OCH3 is 2. The molecule has 2 rings (SSSR count). The van der Waals surface area contributed by atoms with E-state index in [1.165, 1.54) is 0 Å². The molecule has 0 unspecified atom stereocenters. The minimum Gasteiger partial charge on any atom is -0.496 e. The van der Waals surface area contributed by atoms with Gasteiger partial charge in [0.2, 0.25) is 0 Å². The Balaban J connectivity index is 2.42. The molecule has 0 atom stereocenters. The van der Waals surface area contributed by atoms with Crippen molar-refractivity contribution in [2.24, 2.45) is 0 Å². The highest BCUT2D eigenvalue weighted by molar-refractivity contribution is 6.11. The second-order valence-corrected chi connectivity index (χ2v) is 6.44. The summed E-state index contributed by atoms with van der Waals surface area (Å²) in [7, 11) is 3.23. The van der Waals surface area contributed by atoms with E-state index in [0.29, 0.717) is 22.6 Å². The third-order valence-corrected chi connectivity index (χ3v) is 5.10. The number of nitrogens with zero attached hydrogens (tertiary/aromatic N) is 2. The minimum absolute atomic E-state index is 0.0765. The molecule has 152 valence electrons. The second kappa shape index (κ2) is 10.0. The Hall–Kier alpha value is -2.69. The fraction of sp³-hybridized carbons (Fsp3) is 0.435. The Labute approximate surface area is 168 Å². The van der Waals surface area contributed by atoms with Crippen LogP contribution in [0.4, 0.5) is 11.4 Å². The van der Waals surface area contributed by atoms with Crippen LogP contribution < -0.4 is 19.3 Å². The lowest BCUT2D eigenvalue weighted by molar-refractivity contribution is 0.103. The summed E-state index contributed by atoms with van der Waals surface area (Å²) < 4.78 is 11.1. The van der Waals surface area contributed by atoms with Gasteiger partial charge in [-0.2, -0.15) is 0 Å². The molecule has 5 nitrogen and oxygen atoms in total. The lowest BCUT2D eigenvalue weighted by Gasteiger charge is -2.24. The third kappa shape index (κ3) is 4.41. The maximum atomic E-state index is 13.2. The number of carbonyl (C=O) groups is 1. The van der Waals surface area contributed by atoms with Crippen molar-refractivity contribution in [2.45, 2.75) is 27.7 Å². The zero-order chi connectivity index (χ0) is 20.7. The van der Waals surface area contributed by atoms with Crippen LogP contribution in [0.5, 0.6) is 11.5 Å². The van der Waals surface area contributed by atoms with Crippen molar-refractivity contribution >= 4 is 17.2 Å². The maximum absolute atomic E-state index is 13.2. The van der Waals surface area contributed by atoms with Gasteiger partial charge in [0, 0.05) is 43.5 Å². The minimum atomic E-state index is -0.0765. The molecule has 2 aromatic carbocycles. The molecule has 0 aliphatic carbocycles. The monoisotopic (exact) mass is 384 g/mol. The zero-order valence-electron chi connectivity index (χ0n) is 17.9. The molecule has 0 heterocycles. The first kappa shape index (κ1) is 21.6. The molecule has 0 saturated carbocycles. The summed E-state index contributed by atoms with van der Waals surface area (Å²) in [5, 5.41) is 0. The van der Waals surface area contributed by atoms with E-state index in [-0.39, 0.29) is 5.78 Å². The van der Waals surface area contributed by atoms with E-state index >= 15 is 0 Å². The van der Waals surface area contributed by atoms with Gasteiger partial charge < -0.3 is 19.3 Å². The van der Waals surface area contributed by atoms with Crippen LogP contribution in [0.3, 0.4) is 0 Å². The van der Waals surface area contributed by atoms with Crippen molar-refractivity contribution in [1.82, 2.24) is 0 Å². The van der Waals surface area contributed by atoms with Crippen LogP contribution in [0.25, 0.3) is 0 Å². The van der Waals surface area contributed by atoms with Crippen LogP contribution in [0.1, 0.15) is 43.6 Å². The Kier molecular flexibility index (Phi) is 7.73. The predicted octanol–water partition coefficient (Wildman–Crippen LogP) is 4.63. The largest absolute Gasteiger partial charge is 0.496 e. The average molecular weight is 385 g/mol. The van der Waals surface area contributed by atoms with Crippen molar-refractivity contribution in [3.8, 4) is 11.5 Å². The molecule has 28 heavy (non-hydrogen) atoms. The van der Waals surface area contributed by atoms with Crippen molar-refractivity contribution < 1.29 is 14.3 Å². The molecule has 2 aromatic rings. The van der Waals surface area contributed by atoms with E-state index in [0.717, 1.165) is 37.6 Å². The van der Waals surface area contributed by atoms with Gasteiger partial charge in [0.05, 0.1) is 25.5 Å². The van der Waals surface area contributed by atoms with Crippen LogP contribution in [0, 0.1) is 0 Å². The fourth-order valence-electron chi connectivity index (χ4n) is 3.45. The standard InChI is InChI=1S/C23H32N2O3/c1-7-24(8-2)18-12-13-19(21(16-18)27-5)23(26)17-11-14-20(22(15-17)28-6)25(9-3)10-4/h11-16H,7-10H2,1-6H3. The summed E-state index contributed by atoms with van der Waals surface area (Å²) in [6, 6.07) is 11.4. The van der Waals surface area contributed by atoms with Crippen molar-refractivity contribution in [3.63, 3.8) is 0 Å². The highest BCUT2D eigenvalue weighted by Crippen LogP contribution is 2.32. The SMILES string of the molecule is CCN(CC)c1ccc(C(=O)c2ccc(N(CC)CC)c(OC)c2)c(OC)c1. The summed E-state index contributed by atoms with van der Waals surface area (Å²) in [6.45, 7) is 12.0. The predicted molar refractivity (Wildman–Crippen MR) is 117 cm³/mol. The first-order valence-electron chi connectivity index (χ1n) is 9.95. The van der Waals surface area contributed by atoms with E-state index in [1.807, 2.05) is 36.4 Å². The highest BCUT2D eigenvalue weighted by Gasteiger charge is 2.19. The van der Waals surface area contributed by atoms with Crippen LogP contribution in [0.2, 0.25) is 0 Å². The number of benzene rings is 2. The molecular weight excluding hydrogens is 352 g/mol. The number of hydrogen-bond acceptors (Lipinski definition) is 5. The quantitative estimate of drug-likeness (QED) is 0.559. The topological polar surface area (TPSA) is 42.0 Å². The summed E-state index contributed by atoms with van der Waals surface area (Å²) >= 11 is 0. The first-order chi connectivity index (χ1) is 13.5. The molecule has 0 bridgehead atoms. The Morgan fingerprint density at radius 1 is 0.786 bits per heavy atom. The third-order valence-electron chi connectivity index (χ3n) is 5.10. The second-order valence-electron chi connectivity index (χ2n) is 6.44. The van der Waals surface area contributed by atoms with Crippen molar-refractivity contribution in [3.05, 3.63) is 47.5 Å². The van der Waals surface area contributed by atoms with E-state index in [1.54, 1.807) is 14.2 Å². The van der Waals surface area contributed by atoms with Crippen LogP contribution >= 0.6 is 0 Å². The van der Waals surface area contributed by atoms with E-state index in [9.17, 15) is 4.79 Å². The summed E-state index contributed by atoms with van der Waals surface area (Å²) in [5.74, 6) is 1.21. The molecule has 0 aromatic heterocycles. The van der Waals surface area contributed by atoms with Crippen molar-refractivity contribution in [1.29, 1.82) is 0 Å². The molecule has 0 aliphatic rings. The van der Waals surface area contributed by atoms with Gasteiger partial charge in [0.25, 0.3) is 0 Å². The van der Waals surface area contributed by atoms with Crippen LogP contribution in [0.15, 0.2) is 36.4 Å². The average Bonchev–Trinajstić information content (AvgIpc) is 2.75.